The lowest BCUT2D eigenvalue weighted by atomic mass is 9.92. The first kappa shape index (κ1) is 18.2. The lowest BCUT2D eigenvalue weighted by molar-refractivity contribution is -0.127. The lowest BCUT2D eigenvalue weighted by Gasteiger charge is -2.30. The van der Waals surface area contributed by atoms with Gasteiger partial charge in [-0.1, -0.05) is 19.1 Å². The van der Waals surface area contributed by atoms with E-state index in [-0.39, 0.29) is 28.9 Å². The van der Waals surface area contributed by atoms with Gasteiger partial charge in [0.25, 0.3) is 0 Å². The van der Waals surface area contributed by atoms with Crippen LogP contribution < -0.4 is 10.7 Å². The molecule has 0 aliphatic heterocycles. The number of ether oxygens (including phenoxy) is 1. The van der Waals surface area contributed by atoms with E-state index in [9.17, 15) is 9.59 Å². The molecular formula is C22H28N2O3. The molecule has 144 valence electrons. The first-order valence-electron chi connectivity index (χ1n) is 9.99. The minimum atomic E-state index is -0.104. The van der Waals surface area contributed by atoms with E-state index in [4.69, 9.17) is 4.74 Å². The standard InChI is InChI=1S/C22H28N2O3/c1-14-19(24-18-6-4-3-5-17(18)20(14)25)13-27-16-9-7-15(8-10-16)23-21(26)22(2)11-12-22/h3-6,15-16H,7-13H2,1-2H3,(H,23,26)(H,24,25). The molecule has 5 heteroatoms. The van der Waals surface area contributed by atoms with E-state index in [0.29, 0.717) is 6.61 Å². The highest BCUT2D eigenvalue weighted by molar-refractivity contribution is 5.85. The number of carbonyl (C=O) groups is 1. The maximum Gasteiger partial charge on any atom is 0.226 e. The van der Waals surface area contributed by atoms with E-state index >= 15 is 0 Å². The number of hydrogen-bond acceptors (Lipinski definition) is 3. The molecule has 1 aromatic carbocycles. The summed E-state index contributed by atoms with van der Waals surface area (Å²) < 4.78 is 6.10. The lowest BCUT2D eigenvalue weighted by Crippen LogP contribution is -2.42. The third-order valence-electron chi connectivity index (χ3n) is 6.27. The number of pyridine rings is 1. The van der Waals surface area contributed by atoms with Crippen LogP contribution in [0.2, 0.25) is 0 Å². The third kappa shape index (κ3) is 3.79. The summed E-state index contributed by atoms with van der Waals surface area (Å²) in [6.45, 7) is 4.32. The third-order valence-corrected chi connectivity index (χ3v) is 6.27. The van der Waals surface area contributed by atoms with Gasteiger partial charge in [0.1, 0.15) is 0 Å². The van der Waals surface area contributed by atoms with Crippen LogP contribution in [-0.4, -0.2) is 23.0 Å². The van der Waals surface area contributed by atoms with Crippen LogP contribution in [-0.2, 0) is 16.1 Å². The van der Waals surface area contributed by atoms with Gasteiger partial charge in [-0.25, -0.2) is 0 Å². The molecule has 1 amide bonds. The largest absolute Gasteiger partial charge is 0.372 e. The van der Waals surface area contributed by atoms with Gasteiger partial charge in [0, 0.05) is 33.6 Å². The Labute approximate surface area is 159 Å². The van der Waals surface area contributed by atoms with Gasteiger partial charge in [0.15, 0.2) is 5.43 Å². The summed E-state index contributed by atoms with van der Waals surface area (Å²) in [4.78, 5) is 28.1. The van der Waals surface area contributed by atoms with Crippen LogP contribution >= 0.6 is 0 Å². The maximum atomic E-state index is 12.5. The number of para-hydroxylation sites is 1. The maximum absolute atomic E-state index is 12.5. The van der Waals surface area contributed by atoms with Gasteiger partial charge in [-0.05, 0) is 57.6 Å². The van der Waals surface area contributed by atoms with E-state index in [1.807, 2.05) is 38.1 Å². The molecule has 1 aromatic heterocycles. The van der Waals surface area contributed by atoms with Gasteiger partial charge >= 0.3 is 0 Å². The van der Waals surface area contributed by atoms with Crippen LogP contribution in [0.15, 0.2) is 29.1 Å². The second-order valence-electron chi connectivity index (χ2n) is 8.42. The Morgan fingerprint density at radius 1 is 1.22 bits per heavy atom. The Kier molecular flexibility index (Phi) is 4.81. The summed E-state index contributed by atoms with van der Waals surface area (Å²) in [6.07, 6.45) is 6.02. The number of aromatic amines is 1. The number of benzene rings is 1. The monoisotopic (exact) mass is 368 g/mol. The van der Waals surface area contributed by atoms with Gasteiger partial charge in [-0.2, -0.15) is 0 Å². The molecule has 27 heavy (non-hydrogen) atoms. The smallest absolute Gasteiger partial charge is 0.226 e. The van der Waals surface area contributed by atoms with Crippen LogP contribution in [0.3, 0.4) is 0 Å². The zero-order valence-electron chi connectivity index (χ0n) is 16.1. The molecule has 5 nitrogen and oxygen atoms in total. The van der Waals surface area contributed by atoms with Crippen LogP contribution in [0, 0.1) is 12.3 Å². The summed E-state index contributed by atoms with van der Waals surface area (Å²) in [7, 11) is 0. The van der Waals surface area contributed by atoms with Crippen molar-refractivity contribution in [3.63, 3.8) is 0 Å². The van der Waals surface area contributed by atoms with Crippen molar-refractivity contribution in [2.24, 2.45) is 5.41 Å². The average Bonchev–Trinajstić information content (AvgIpc) is 3.43. The molecule has 4 rings (SSSR count). The summed E-state index contributed by atoms with van der Waals surface area (Å²) >= 11 is 0. The normalized spacial score (nSPS) is 23.9. The van der Waals surface area contributed by atoms with Crippen molar-refractivity contribution in [3.8, 4) is 0 Å². The first-order chi connectivity index (χ1) is 13.0. The van der Waals surface area contributed by atoms with Gasteiger partial charge in [0.2, 0.25) is 5.91 Å². The van der Waals surface area contributed by atoms with Crippen molar-refractivity contribution in [1.29, 1.82) is 0 Å². The minimum Gasteiger partial charge on any atom is -0.372 e. The molecule has 2 aliphatic carbocycles. The highest BCUT2D eigenvalue weighted by Crippen LogP contribution is 2.45. The molecule has 0 atom stereocenters. The number of fused-ring (bicyclic) bond motifs is 1. The molecule has 0 saturated heterocycles. The van der Waals surface area contributed by atoms with E-state index in [1.54, 1.807) is 0 Å². The van der Waals surface area contributed by atoms with Crippen LogP contribution in [0.25, 0.3) is 10.9 Å². The first-order valence-corrected chi connectivity index (χ1v) is 9.99. The Morgan fingerprint density at radius 3 is 2.63 bits per heavy atom. The predicted molar refractivity (Wildman–Crippen MR) is 106 cm³/mol. The minimum absolute atomic E-state index is 0.0722. The topological polar surface area (TPSA) is 71.2 Å². The highest BCUT2D eigenvalue weighted by Gasteiger charge is 2.45. The molecule has 2 aliphatic rings. The summed E-state index contributed by atoms with van der Waals surface area (Å²) in [6, 6.07) is 7.86. The van der Waals surface area contributed by atoms with Crippen molar-refractivity contribution >= 4 is 16.8 Å². The number of H-pyrrole nitrogens is 1. The van der Waals surface area contributed by atoms with Gasteiger partial charge in [-0.15, -0.1) is 0 Å². The molecule has 0 bridgehead atoms. The van der Waals surface area contributed by atoms with Crippen LogP contribution in [0.4, 0.5) is 0 Å². The molecule has 0 spiro atoms. The fourth-order valence-electron chi connectivity index (χ4n) is 3.88. The second-order valence-corrected chi connectivity index (χ2v) is 8.42. The number of nitrogens with one attached hydrogen (secondary N) is 2. The summed E-state index contributed by atoms with van der Waals surface area (Å²) in [5, 5.41) is 3.93. The number of carbonyl (C=O) groups excluding carboxylic acids is 1. The fraction of sp³-hybridized carbons (Fsp3) is 0.545. The average molecular weight is 368 g/mol. The SMILES string of the molecule is Cc1c(COC2CCC(NC(=O)C3(C)CC3)CC2)[nH]c2ccccc2c1=O. The number of rotatable bonds is 5. The Morgan fingerprint density at radius 2 is 1.93 bits per heavy atom. The summed E-state index contributed by atoms with van der Waals surface area (Å²) in [5.41, 5.74) is 2.41. The zero-order valence-corrected chi connectivity index (χ0v) is 16.1. The summed E-state index contributed by atoms with van der Waals surface area (Å²) in [5.74, 6) is 0.219. The van der Waals surface area contributed by atoms with E-state index < -0.39 is 0 Å². The van der Waals surface area contributed by atoms with Gasteiger partial charge < -0.3 is 15.0 Å². The zero-order chi connectivity index (χ0) is 19.0. The van der Waals surface area contributed by atoms with Crippen LogP contribution in [0.5, 0.6) is 0 Å². The number of hydrogen-bond donors (Lipinski definition) is 2. The Balaban J connectivity index is 1.32. The second kappa shape index (κ2) is 7.12. The number of aromatic nitrogens is 1. The molecule has 1 heterocycles. The van der Waals surface area contributed by atoms with E-state index in [2.05, 4.69) is 10.3 Å². The van der Waals surface area contributed by atoms with Crippen molar-refractivity contribution in [3.05, 3.63) is 45.7 Å². The van der Waals surface area contributed by atoms with Gasteiger partial charge in [-0.3, -0.25) is 9.59 Å². The molecular weight excluding hydrogens is 340 g/mol. The van der Waals surface area contributed by atoms with Crippen molar-refractivity contribution < 1.29 is 9.53 Å². The van der Waals surface area contributed by atoms with E-state index in [1.165, 1.54) is 0 Å². The predicted octanol–water partition coefficient (Wildman–Crippen LogP) is 3.58. The van der Waals surface area contributed by atoms with Gasteiger partial charge in [0.05, 0.1) is 12.7 Å². The quantitative estimate of drug-likeness (QED) is 0.847. The van der Waals surface area contributed by atoms with Crippen LogP contribution in [0.1, 0.15) is 56.7 Å². The van der Waals surface area contributed by atoms with Crippen molar-refractivity contribution in [2.45, 2.75) is 71.1 Å². The molecule has 2 fully saturated rings. The molecule has 2 saturated carbocycles. The molecule has 0 unspecified atom stereocenters. The van der Waals surface area contributed by atoms with E-state index in [0.717, 1.165) is 60.7 Å². The highest BCUT2D eigenvalue weighted by atomic mass is 16.5. The molecule has 2 aromatic rings. The fourth-order valence-corrected chi connectivity index (χ4v) is 3.88. The Hall–Kier alpha value is -2.14. The Bertz CT molecular complexity index is 905. The van der Waals surface area contributed by atoms with Crippen molar-refractivity contribution in [1.82, 2.24) is 10.3 Å². The number of amides is 1. The molecule has 2 N–H and O–H groups in total. The molecule has 0 radical (unpaired) electrons. The van der Waals surface area contributed by atoms with Crippen molar-refractivity contribution in [2.75, 3.05) is 0 Å².